The molecule has 0 aromatic heterocycles. The standard InChI is InChI=1S/C25H31F3O7.C17H23F3O6.C13H20O4.C12H13F3O4.C8H9ClO.C4H5F3O3/c1-17(14-23(30)34-20-8-6-4-3-5-7-9-20)24(31)35-21(25(26,27)28)15-22(29)33-16-18-10-12-19(32-2)13-11-18;1-11(16(24)26-13(10-14(21)22)17(18,19)20)9-15(23)25-12-7-5-3-2-4-6-8-12;1-10(13(15)16)9-12(14)17-11-7-5-3-2-4-6-8-11;1-18-9-4-2-8(3-5-9)7-19-11(17)6-10(16)12(13,14)15;1-10-8-4-2-7(6-9)3-5-8;5-4(6,7)2(8)1-3(9)10/h10-13,20-21H,1,3-9,14-16H2,2H3;12-13H,1-10H2,(H,21,22);11H,1-9H2,(H,15,16);2-5,10,16H,6-7H2,1H3;2-5H,6H2,1H3;2,8H,1H2,(H,9,10). The molecule has 5 N–H and O–H groups in total. The fraction of sp³-hybridized carbons (Fsp3) is 0.570. The maximum atomic E-state index is 13.4. The first-order chi connectivity index (χ1) is 54.8. The van der Waals surface area contributed by atoms with Crippen LogP contribution in [0.5, 0.6) is 17.2 Å². The van der Waals surface area contributed by atoms with Crippen LogP contribution in [0.25, 0.3) is 0 Å². The van der Waals surface area contributed by atoms with Crippen molar-refractivity contribution in [1.29, 1.82) is 0 Å². The van der Waals surface area contributed by atoms with Crippen LogP contribution >= 0.6 is 11.6 Å². The highest BCUT2D eigenvalue weighted by Crippen LogP contribution is 2.31. The van der Waals surface area contributed by atoms with Crippen LogP contribution < -0.4 is 14.2 Å². The second-order valence-electron chi connectivity index (χ2n) is 26.6. The van der Waals surface area contributed by atoms with Crippen LogP contribution in [-0.4, -0.2) is 174 Å². The Labute approximate surface area is 673 Å². The summed E-state index contributed by atoms with van der Waals surface area (Å²) in [5.74, 6) is -9.17. The molecular weight excluding hydrogens is 1610 g/mol. The normalized spacial score (nSPS) is 15.4. The third kappa shape index (κ3) is 49.9. The number of halogens is 13. The topological polar surface area (TPSA) is 364 Å². The largest absolute Gasteiger partial charge is 0.497 e. The van der Waals surface area contributed by atoms with E-state index < -0.39 is 158 Å². The highest BCUT2D eigenvalue weighted by molar-refractivity contribution is 6.17. The Kier molecular flexibility index (Phi) is 50.3. The van der Waals surface area contributed by atoms with Gasteiger partial charge in [-0.3, -0.25) is 33.6 Å². The lowest BCUT2D eigenvalue weighted by Gasteiger charge is -2.21. The highest BCUT2D eigenvalue weighted by Gasteiger charge is 2.47. The molecule has 0 heterocycles. The van der Waals surface area contributed by atoms with E-state index in [9.17, 15) is 101 Å². The number of aliphatic carboxylic acids is 3. The number of aliphatic hydroxyl groups is 2. The molecule has 3 aromatic rings. The molecule has 3 aliphatic carbocycles. The average Bonchev–Trinajstić information content (AvgIpc) is 0.851. The zero-order chi connectivity index (χ0) is 88.5. The summed E-state index contributed by atoms with van der Waals surface area (Å²) in [7, 11) is 4.62. The summed E-state index contributed by atoms with van der Waals surface area (Å²) in [6.07, 6.45) is -17.2. The van der Waals surface area contributed by atoms with E-state index in [1.54, 1.807) is 55.6 Å². The predicted octanol–water partition coefficient (Wildman–Crippen LogP) is 16.3. The Morgan fingerprint density at radius 1 is 0.376 bits per heavy atom. The van der Waals surface area contributed by atoms with Crippen LogP contribution in [0.4, 0.5) is 52.7 Å². The number of hydrogen-bond donors (Lipinski definition) is 5. The van der Waals surface area contributed by atoms with Gasteiger partial charge >= 0.3 is 84.4 Å². The summed E-state index contributed by atoms with van der Waals surface area (Å²) in [5, 5.41) is 41.6. The molecule has 0 aliphatic heterocycles. The third-order valence-electron chi connectivity index (χ3n) is 16.9. The lowest BCUT2D eigenvalue weighted by molar-refractivity contribution is -0.222. The predicted molar refractivity (Wildman–Crippen MR) is 393 cm³/mol. The van der Waals surface area contributed by atoms with E-state index in [4.69, 9.17) is 70.3 Å². The van der Waals surface area contributed by atoms with Crippen molar-refractivity contribution >= 4 is 71.3 Å². The first kappa shape index (κ1) is 105. The van der Waals surface area contributed by atoms with Gasteiger partial charge in [0.2, 0.25) is 12.2 Å². The lowest BCUT2D eigenvalue weighted by atomic mass is 9.98. The van der Waals surface area contributed by atoms with Gasteiger partial charge in [-0.15, -0.1) is 11.6 Å². The number of carbonyl (C=O) groups is 10. The van der Waals surface area contributed by atoms with Gasteiger partial charge in [0, 0.05) is 22.6 Å². The van der Waals surface area contributed by atoms with Gasteiger partial charge in [-0.05, 0) is 130 Å². The molecule has 3 fully saturated rings. The molecule has 6 rings (SSSR count). The van der Waals surface area contributed by atoms with Gasteiger partial charge in [0.1, 0.15) is 48.8 Å². The van der Waals surface area contributed by atoms with E-state index >= 15 is 0 Å². The molecule has 25 nitrogen and oxygen atoms in total. The van der Waals surface area contributed by atoms with Gasteiger partial charge in [0.15, 0.2) is 12.2 Å². The number of hydrogen-bond acceptors (Lipinski definition) is 22. The van der Waals surface area contributed by atoms with Crippen LogP contribution in [0.1, 0.15) is 196 Å². The van der Waals surface area contributed by atoms with Crippen LogP contribution in [0.15, 0.2) is 109 Å². The molecule has 4 atom stereocenters. The molecule has 0 radical (unpaired) electrons. The van der Waals surface area contributed by atoms with Crippen LogP contribution in [0.2, 0.25) is 0 Å². The van der Waals surface area contributed by atoms with Gasteiger partial charge in [0.25, 0.3) is 0 Å². The summed E-state index contributed by atoms with van der Waals surface area (Å²) >= 11 is 5.58. The number of alkyl halides is 13. The number of ether oxygens (including phenoxy) is 10. The number of benzene rings is 3. The highest BCUT2D eigenvalue weighted by atomic mass is 35.5. The smallest absolute Gasteiger partial charge is 0.426 e. The van der Waals surface area contributed by atoms with Gasteiger partial charge in [-0.2, -0.15) is 52.7 Å². The molecule has 3 aromatic carbocycles. The first-order valence-electron chi connectivity index (χ1n) is 36.9. The maximum absolute atomic E-state index is 13.4. The third-order valence-corrected chi connectivity index (χ3v) is 17.2. The van der Waals surface area contributed by atoms with Gasteiger partial charge in [-0.1, -0.05) is 114 Å². The number of rotatable bonds is 30. The van der Waals surface area contributed by atoms with E-state index in [0.29, 0.717) is 54.2 Å². The van der Waals surface area contributed by atoms with E-state index in [0.717, 1.165) is 101 Å². The first-order valence-corrected chi connectivity index (χ1v) is 37.4. The fourth-order valence-electron chi connectivity index (χ4n) is 10.4. The van der Waals surface area contributed by atoms with Crippen molar-refractivity contribution in [1.82, 2.24) is 0 Å². The van der Waals surface area contributed by atoms with Crippen molar-refractivity contribution in [3.05, 3.63) is 126 Å². The van der Waals surface area contributed by atoms with Crippen molar-refractivity contribution in [3.63, 3.8) is 0 Å². The SMILES string of the molecule is C=C(CC(=O)OC1CCCCCCC1)C(=O)O.C=C(CC(=O)OC1CCCCCCC1)C(=O)OC(CC(=O)O)C(F)(F)F.C=C(CC(=O)OC1CCCCCCC1)C(=O)OC(CC(=O)OCc1ccc(OC)cc1)C(F)(F)F.COc1ccc(CCl)cc1.COc1ccc(COC(=O)CC(O)C(F)(F)F)cc1.O=C(O)CC(O)C(F)(F)F. The zero-order valence-electron chi connectivity index (χ0n) is 64.8. The van der Waals surface area contributed by atoms with E-state index in [1.807, 2.05) is 24.3 Å². The molecule has 0 spiro atoms. The number of aliphatic hydroxyl groups excluding tert-OH is 2. The van der Waals surface area contributed by atoms with E-state index in [1.165, 1.54) is 33.5 Å². The van der Waals surface area contributed by atoms with Crippen molar-refractivity contribution in [3.8, 4) is 17.2 Å². The molecular formula is C79H101ClF12O25. The quantitative estimate of drug-likeness (QED) is 0.0136. The van der Waals surface area contributed by atoms with Crippen LogP contribution in [0, 0.1) is 0 Å². The molecule has 3 saturated carbocycles. The zero-order valence-corrected chi connectivity index (χ0v) is 65.6. The molecule has 0 saturated heterocycles. The molecule has 0 amide bonds. The minimum atomic E-state index is -5.03. The summed E-state index contributed by atoms with van der Waals surface area (Å²) in [4.78, 5) is 113. The number of carboxylic acid groups (broad SMARTS) is 3. The molecule has 117 heavy (non-hydrogen) atoms. The number of carbonyl (C=O) groups excluding carboxylic acids is 7. The van der Waals surface area contributed by atoms with E-state index in [-0.39, 0.29) is 43.5 Å². The summed E-state index contributed by atoms with van der Waals surface area (Å²) < 4.78 is 197. The van der Waals surface area contributed by atoms with Gasteiger partial charge < -0.3 is 72.9 Å². The van der Waals surface area contributed by atoms with Crippen molar-refractivity contribution in [2.24, 2.45) is 0 Å². The fourth-order valence-corrected chi connectivity index (χ4v) is 10.6. The van der Waals surface area contributed by atoms with Gasteiger partial charge in [-0.25, -0.2) is 14.4 Å². The molecule has 4 unspecified atom stereocenters. The second kappa shape index (κ2) is 55.9. The Bertz CT molecular complexity index is 3500. The van der Waals surface area contributed by atoms with Crippen molar-refractivity contribution in [2.75, 3.05) is 21.3 Å². The number of methoxy groups -OCH3 is 3. The number of carboxylic acids is 3. The second-order valence-corrected chi connectivity index (χ2v) is 26.9. The minimum absolute atomic E-state index is 0.0376. The molecule has 38 heteroatoms. The molecule has 0 bridgehead atoms. The Hall–Kier alpha value is -9.65. The summed E-state index contributed by atoms with van der Waals surface area (Å²) in [5.41, 5.74) is 1.15. The average molecular weight is 1710 g/mol. The number of esters is 7. The Morgan fingerprint density at radius 3 is 0.897 bits per heavy atom. The van der Waals surface area contributed by atoms with Gasteiger partial charge in [0.05, 0.1) is 66.3 Å². The van der Waals surface area contributed by atoms with Crippen LogP contribution in [-0.2, 0) is 100 Å². The summed E-state index contributed by atoms with van der Waals surface area (Å²) in [6.45, 7) is 9.50. The lowest BCUT2D eigenvalue weighted by Crippen LogP contribution is -2.36. The molecule has 658 valence electrons. The van der Waals surface area contributed by atoms with Crippen molar-refractivity contribution in [2.45, 2.75) is 266 Å². The monoisotopic (exact) mass is 1710 g/mol. The Morgan fingerprint density at radius 2 is 0.641 bits per heavy atom. The van der Waals surface area contributed by atoms with E-state index in [2.05, 4.69) is 33.9 Å². The Balaban J connectivity index is 0.000000741. The summed E-state index contributed by atoms with van der Waals surface area (Å²) in [6, 6.07) is 20.6. The molecule has 3 aliphatic rings. The van der Waals surface area contributed by atoms with Crippen LogP contribution in [0.3, 0.4) is 0 Å². The minimum Gasteiger partial charge on any atom is -0.497 e. The maximum Gasteiger partial charge on any atom is 0.426 e. The van der Waals surface area contributed by atoms with Crippen molar-refractivity contribution < 1.29 is 174 Å².